The Hall–Kier alpha value is -1.72. The quantitative estimate of drug-likeness (QED) is 0.785. The van der Waals surface area contributed by atoms with Crippen molar-refractivity contribution in [1.29, 1.82) is 0 Å². The minimum absolute atomic E-state index is 0.0462. The summed E-state index contributed by atoms with van der Waals surface area (Å²) in [6.07, 6.45) is -0.748. The van der Waals surface area contributed by atoms with Gasteiger partial charge >= 0.3 is 11.7 Å². The third-order valence-corrected chi connectivity index (χ3v) is 2.89. The molecule has 0 aliphatic rings. The van der Waals surface area contributed by atoms with Gasteiger partial charge in [0.2, 0.25) is 0 Å². The van der Waals surface area contributed by atoms with Crippen LogP contribution in [0.5, 0.6) is 0 Å². The number of hydrogen-bond donors (Lipinski definition) is 1. The van der Waals surface area contributed by atoms with Crippen molar-refractivity contribution in [1.82, 2.24) is 0 Å². The van der Waals surface area contributed by atoms with Gasteiger partial charge in [-0.2, -0.15) is 0 Å². The summed E-state index contributed by atoms with van der Waals surface area (Å²) < 4.78 is 10.2. The lowest BCUT2D eigenvalue weighted by molar-refractivity contribution is 0.0635. The lowest BCUT2D eigenvalue weighted by Gasteiger charge is -2.19. The fourth-order valence-electron chi connectivity index (χ4n) is 1.66. The highest BCUT2D eigenvalue weighted by atomic mass is 35.5. The summed E-state index contributed by atoms with van der Waals surface area (Å²) in [7, 11) is 0. The molecule has 1 aromatic heterocycles. The molecule has 7 heteroatoms. The van der Waals surface area contributed by atoms with E-state index in [1.54, 1.807) is 26.8 Å². The molecule has 1 amide bonds. The summed E-state index contributed by atoms with van der Waals surface area (Å²) in [6.45, 7) is 5.15. The van der Waals surface area contributed by atoms with Gasteiger partial charge < -0.3 is 9.15 Å². The number of hydrogen-bond acceptors (Lipinski definition) is 4. The van der Waals surface area contributed by atoms with Gasteiger partial charge in [0.25, 0.3) is 0 Å². The van der Waals surface area contributed by atoms with Gasteiger partial charge in [-0.1, -0.05) is 23.2 Å². The van der Waals surface area contributed by atoms with E-state index in [0.29, 0.717) is 10.4 Å². The number of carbonyl (C=O) groups excluding carboxylic acids is 1. The van der Waals surface area contributed by atoms with Crippen LogP contribution in [0.4, 0.5) is 10.5 Å². The highest BCUT2D eigenvalue weighted by Crippen LogP contribution is 2.28. The highest BCUT2D eigenvalue weighted by Gasteiger charge is 2.18. The molecule has 0 spiro atoms. The summed E-state index contributed by atoms with van der Waals surface area (Å²) >= 11 is 11.8. The van der Waals surface area contributed by atoms with E-state index in [2.05, 4.69) is 5.32 Å². The van der Waals surface area contributed by atoms with Gasteiger partial charge in [-0.3, -0.25) is 5.32 Å². The van der Waals surface area contributed by atoms with E-state index in [1.807, 2.05) is 0 Å². The first-order chi connectivity index (χ1) is 9.65. The maximum atomic E-state index is 11.8. The van der Waals surface area contributed by atoms with Gasteiger partial charge in [0, 0.05) is 10.4 Å². The lowest BCUT2D eigenvalue weighted by atomic mass is 10.2. The smallest absolute Gasteiger partial charge is 0.412 e. The second-order valence-electron chi connectivity index (χ2n) is 5.38. The first-order valence-electron chi connectivity index (χ1n) is 6.08. The van der Waals surface area contributed by atoms with Crippen LogP contribution in [0.1, 0.15) is 20.8 Å². The predicted octanol–water partition coefficient (Wildman–Crippen LogP) is 4.45. The molecule has 0 atom stereocenters. The molecule has 0 aliphatic heterocycles. The molecule has 0 bridgehead atoms. The molecule has 0 fully saturated rings. The van der Waals surface area contributed by atoms with E-state index >= 15 is 0 Å². The number of halogens is 2. The molecular formula is C14H13Cl2NO4. The zero-order valence-corrected chi connectivity index (χ0v) is 13.1. The van der Waals surface area contributed by atoms with Crippen LogP contribution in [0, 0.1) is 0 Å². The number of benzene rings is 1. The predicted molar refractivity (Wildman–Crippen MR) is 82.4 cm³/mol. The van der Waals surface area contributed by atoms with Crippen molar-refractivity contribution in [3.63, 3.8) is 0 Å². The number of carbonyl (C=O) groups is 1. The molecule has 1 N–H and O–H groups in total. The summed E-state index contributed by atoms with van der Waals surface area (Å²) in [5.41, 5.74) is -1.23. The van der Waals surface area contributed by atoms with E-state index in [4.69, 9.17) is 32.4 Å². The molecule has 2 rings (SSSR count). The Morgan fingerprint density at radius 3 is 2.52 bits per heavy atom. The average molecular weight is 330 g/mol. The van der Waals surface area contributed by atoms with Crippen LogP contribution < -0.4 is 10.9 Å². The summed E-state index contributed by atoms with van der Waals surface area (Å²) in [4.78, 5) is 23.5. The van der Waals surface area contributed by atoms with E-state index < -0.39 is 17.3 Å². The van der Waals surface area contributed by atoms with Crippen molar-refractivity contribution in [2.45, 2.75) is 26.4 Å². The van der Waals surface area contributed by atoms with Crippen LogP contribution in [-0.2, 0) is 4.74 Å². The second-order valence-corrected chi connectivity index (χ2v) is 6.22. The van der Waals surface area contributed by atoms with Crippen molar-refractivity contribution in [2.24, 2.45) is 0 Å². The third kappa shape index (κ3) is 3.89. The maximum Gasteiger partial charge on any atom is 0.412 e. The Labute approximate surface area is 130 Å². The number of ether oxygens (including phenoxy) is 1. The second kappa shape index (κ2) is 5.58. The molecule has 0 unspecified atom stereocenters. The van der Waals surface area contributed by atoms with E-state index in [1.165, 1.54) is 12.1 Å². The van der Waals surface area contributed by atoms with Crippen molar-refractivity contribution >= 4 is 46.0 Å². The largest absolute Gasteiger partial charge is 0.444 e. The van der Waals surface area contributed by atoms with Gasteiger partial charge in [-0.15, -0.1) is 0 Å². The summed E-state index contributed by atoms with van der Waals surface area (Å²) in [5.74, 6) is 0. The number of amides is 1. The van der Waals surface area contributed by atoms with Crippen molar-refractivity contribution in [3.05, 3.63) is 38.7 Å². The topological polar surface area (TPSA) is 68.5 Å². The number of anilines is 1. The monoisotopic (exact) mass is 329 g/mol. The Morgan fingerprint density at radius 2 is 1.90 bits per heavy atom. The first-order valence-corrected chi connectivity index (χ1v) is 6.84. The van der Waals surface area contributed by atoms with Crippen LogP contribution in [0.3, 0.4) is 0 Å². The molecule has 1 aromatic carbocycles. The van der Waals surface area contributed by atoms with Gasteiger partial charge in [0.05, 0.1) is 5.02 Å². The Bertz CT molecular complexity index is 762. The van der Waals surface area contributed by atoms with Crippen LogP contribution in [0.15, 0.2) is 27.4 Å². The molecule has 112 valence electrons. The van der Waals surface area contributed by atoms with E-state index in [-0.39, 0.29) is 16.3 Å². The standard InChI is InChI=1S/C14H13Cl2NO4/c1-14(2,3)21-13(19)17-10-5-7-4-8(15)6-9(16)11(7)20-12(10)18/h4-6H,1-3H3,(H,17,19). The van der Waals surface area contributed by atoms with Crippen molar-refractivity contribution < 1.29 is 13.9 Å². The molecular weight excluding hydrogens is 317 g/mol. The maximum absolute atomic E-state index is 11.8. The third-order valence-electron chi connectivity index (χ3n) is 2.39. The summed E-state index contributed by atoms with van der Waals surface area (Å²) in [6, 6.07) is 4.48. The Morgan fingerprint density at radius 1 is 1.24 bits per heavy atom. The molecule has 5 nitrogen and oxygen atoms in total. The average Bonchev–Trinajstić information content (AvgIpc) is 2.28. The highest BCUT2D eigenvalue weighted by molar-refractivity contribution is 6.38. The van der Waals surface area contributed by atoms with Crippen LogP contribution in [0.25, 0.3) is 11.0 Å². The Kier molecular flexibility index (Phi) is 4.16. The molecule has 0 saturated heterocycles. The fourth-order valence-corrected chi connectivity index (χ4v) is 2.21. The minimum Gasteiger partial charge on any atom is -0.444 e. The van der Waals surface area contributed by atoms with Crippen LogP contribution >= 0.6 is 23.2 Å². The van der Waals surface area contributed by atoms with Gasteiger partial charge in [0.1, 0.15) is 11.3 Å². The van der Waals surface area contributed by atoms with Gasteiger partial charge in [-0.05, 0) is 39.0 Å². The van der Waals surface area contributed by atoms with Crippen LogP contribution in [0.2, 0.25) is 10.0 Å². The summed E-state index contributed by atoms with van der Waals surface area (Å²) in [5, 5.41) is 3.46. The zero-order valence-electron chi connectivity index (χ0n) is 11.6. The van der Waals surface area contributed by atoms with Crippen molar-refractivity contribution in [3.8, 4) is 0 Å². The lowest BCUT2D eigenvalue weighted by Crippen LogP contribution is -2.28. The SMILES string of the molecule is CC(C)(C)OC(=O)Nc1cc2cc(Cl)cc(Cl)c2oc1=O. The molecule has 21 heavy (non-hydrogen) atoms. The Balaban J connectivity index is 2.39. The molecule has 0 radical (unpaired) electrons. The molecule has 0 saturated carbocycles. The van der Waals surface area contributed by atoms with Gasteiger partial charge in [0.15, 0.2) is 5.58 Å². The van der Waals surface area contributed by atoms with Crippen molar-refractivity contribution in [2.75, 3.05) is 5.32 Å². The number of rotatable bonds is 1. The minimum atomic E-state index is -0.748. The van der Waals surface area contributed by atoms with E-state index in [0.717, 1.165) is 0 Å². The van der Waals surface area contributed by atoms with E-state index in [9.17, 15) is 9.59 Å². The van der Waals surface area contributed by atoms with Gasteiger partial charge in [-0.25, -0.2) is 9.59 Å². The van der Waals surface area contributed by atoms with Crippen LogP contribution in [-0.4, -0.2) is 11.7 Å². The number of nitrogens with one attached hydrogen (secondary N) is 1. The molecule has 2 aromatic rings. The molecule has 1 heterocycles. The normalized spacial score (nSPS) is 11.5. The number of fused-ring (bicyclic) bond motifs is 1. The molecule has 0 aliphatic carbocycles. The fraction of sp³-hybridized carbons (Fsp3) is 0.286. The zero-order chi connectivity index (χ0) is 15.8. The first kappa shape index (κ1) is 15.7.